The summed E-state index contributed by atoms with van der Waals surface area (Å²) in [6.07, 6.45) is 10.4. The van der Waals surface area contributed by atoms with Crippen LogP contribution in [0.4, 0.5) is 0 Å². The predicted molar refractivity (Wildman–Crippen MR) is 111 cm³/mol. The zero-order chi connectivity index (χ0) is 19.1. The smallest absolute Gasteiger partial charge is 0.195 e. The van der Waals surface area contributed by atoms with Crippen LogP contribution in [0.25, 0.3) is 0 Å². The maximum atomic E-state index is 5.95. The summed E-state index contributed by atoms with van der Waals surface area (Å²) in [7, 11) is 0. The molecule has 148 valence electrons. The van der Waals surface area contributed by atoms with E-state index in [0.29, 0.717) is 11.9 Å². The fourth-order valence-corrected chi connectivity index (χ4v) is 2.68. The molecule has 0 aliphatic heterocycles. The third kappa shape index (κ3) is 15.9. The molecule has 6 heteroatoms. The van der Waals surface area contributed by atoms with E-state index in [1.165, 1.54) is 25.7 Å². The SMILES string of the molecule is CC(C)CCCCCCN=C(N)NC(N)=NC(C)(C)CCCCCN. The summed E-state index contributed by atoms with van der Waals surface area (Å²) in [5, 5.41) is 2.89. The maximum Gasteiger partial charge on any atom is 0.195 e. The van der Waals surface area contributed by atoms with Gasteiger partial charge in [0.2, 0.25) is 0 Å². The number of rotatable bonds is 13. The first-order chi connectivity index (χ1) is 11.8. The van der Waals surface area contributed by atoms with E-state index in [0.717, 1.165) is 51.1 Å². The standard InChI is InChI=1S/C19H42N6/c1-16(2)12-8-5-6-11-15-23-17(21)24-18(22)25-19(3,4)13-9-7-10-14-20/h16H,5-15,20H2,1-4H3,(H5,21,22,23,24,25). The highest BCUT2D eigenvalue weighted by Crippen LogP contribution is 2.18. The molecule has 0 fully saturated rings. The lowest BCUT2D eigenvalue weighted by Gasteiger charge is -2.20. The molecule has 0 rings (SSSR count). The van der Waals surface area contributed by atoms with Crippen LogP contribution < -0.4 is 22.5 Å². The minimum Gasteiger partial charge on any atom is -0.370 e. The third-order valence-electron chi connectivity index (χ3n) is 4.14. The molecule has 25 heavy (non-hydrogen) atoms. The maximum absolute atomic E-state index is 5.95. The molecule has 0 aliphatic carbocycles. The van der Waals surface area contributed by atoms with Crippen molar-refractivity contribution in [2.45, 2.75) is 91.0 Å². The number of guanidine groups is 2. The van der Waals surface area contributed by atoms with Gasteiger partial charge < -0.3 is 17.2 Å². The van der Waals surface area contributed by atoms with Gasteiger partial charge in [-0.2, -0.15) is 0 Å². The van der Waals surface area contributed by atoms with Crippen LogP contribution in [0.15, 0.2) is 9.98 Å². The van der Waals surface area contributed by atoms with Gasteiger partial charge in [-0.15, -0.1) is 0 Å². The molecule has 0 radical (unpaired) electrons. The first kappa shape index (κ1) is 23.7. The summed E-state index contributed by atoms with van der Waals surface area (Å²) in [6.45, 7) is 10.2. The lowest BCUT2D eigenvalue weighted by molar-refractivity contribution is 0.448. The Morgan fingerprint density at radius 3 is 2.20 bits per heavy atom. The van der Waals surface area contributed by atoms with Crippen LogP contribution in [0.3, 0.4) is 0 Å². The van der Waals surface area contributed by atoms with Crippen LogP contribution >= 0.6 is 0 Å². The van der Waals surface area contributed by atoms with Gasteiger partial charge in [0, 0.05) is 6.54 Å². The summed E-state index contributed by atoms with van der Waals surface area (Å²) in [6, 6.07) is 0. The molecule has 0 atom stereocenters. The van der Waals surface area contributed by atoms with Crippen LogP contribution in [0, 0.1) is 5.92 Å². The first-order valence-corrected chi connectivity index (χ1v) is 9.89. The molecule has 0 unspecified atom stereocenters. The van der Waals surface area contributed by atoms with E-state index in [9.17, 15) is 0 Å². The summed E-state index contributed by atoms with van der Waals surface area (Å²) in [4.78, 5) is 8.84. The highest BCUT2D eigenvalue weighted by molar-refractivity contribution is 5.97. The van der Waals surface area contributed by atoms with Crippen molar-refractivity contribution in [3.63, 3.8) is 0 Å². The van der Waals surface area contributed by atoms with Gasteiger partial charge in [-0.25, -0.2) is 4.99 Å². The molecule has 0 aromatic rings. The summed E-state index contributed by atoms with van der Waals surface area (Å²) < 4.78 is 0. The van der Waals surface area contributed by atoms with E-state index < -0.39 is 0 Å². The van der Waals surface area contributed by atoms with Gasteiger partial charge in [0.15, 0.2) is 11.9 Å². The van der Waals surface area contributed by atoms with E-state index in [-0.39, 0.29) is 5.54 Å². The average molecular weight is 355 g/mol. The second kappa shape index (κ2) is 13.9. The highest BCUT2D eigenvalue weighted by atomic mass is 15.2. The van der Waals surface area contributed by atoms with Crippen molar-refractivity contribution in [2.24, 2.45) is 33.1 Å². The Bertz CT molecular complexity index is 387. The Balaban J connectivity index is 4.02. The molecule has 0 spiro atoms. The molecular weight excluding hydrogens is 312 g/mol. The van der Waals surface area contributed by atoms with E-state index in [1.807, 2.05) is 0 Å². The van der Waals surface area contributed by atoms with Gasteiger partial charge in [0.05, 0.1) is 5.54 Å². The number of hydrogen-bond donors (Lipinski definition) is 4. The van der Waals surface area contributed by atoms with Gasteiger partial charge in [-0.1, -0.05) is 52.4 Å². The van der Waals surface area contributed by atoms with Crippen molar-refractivity contribution in [1.29, 1.82) is 0 Å². The predicted octanol–water partition coefficient (Wildman–Crippen LogP) is 3.11. The van der Waals surface area contributed by atoms with Crippen molar-refractivity contribution in [2.75, 3.05) is 13.1 Å². The lowest BCUT2D eigenvalue weighted by atomic mass is 9.97. The number of nitrogens with two attached hydrogens (primary N) is 3. The zero-order valence-electron chi connectivity index (χ0n) is 17.0. The largest absolute Gasteiger partial charge is 0.370 e. The summed E-state index contributed by atoms with van der Waals surface area (Å²) in [5.41, 5.74) is 17.1. The monoisotopic (exact) mass is 354 g/mol. The zero-order valence-corrected chi connectivity index (χ0v) is 17.0. The van der Waals surface area contributed by atoms with E-state index >= 15 is 0 Å². The Hall–Kier alpha value is -1.30. The third-order valence-corrected chi connectivity index (χ3v) is 4.14. The van der Waals surface area contributed by atoms with Gasteiger partial charge >= 0.3 is 0 Å². The van der Waals surface area contributed by atoms with Crippen molar-refractivity contribution in [3.05, 3.63) is 0 Å². The van der Waals surface area contributed by atoms with Crippen molar-refractivity contribution in [3.8, 4) is 0 Å². The normalized spacial score (nSPS) is 13.5. The highest BCUT2D eigenvalue weighted by Gasteiger charge is 2.16. The topological polar surface area (TPSA) is 115 Å². The summed E-state index contributed by atoms with van der Waals surface area (Å²) in [5.74, 6) is 1.48. The molecule has 0 bridgehead atoms. The van der Waals surface area contributed by atoms with Crippen LogP contribution in [-0.2, 0) is 0 Å². The Kier molecular flexibility index (Phi) is 13.2. The van der Waals surface area contributed by atoms with E-state index in [2.05, 4.69) is 43.0 Å². The summed E-state index contributed by atoms with van der Waals surface area (Å²) >= 11 is 0. The molecule has 0 saturated heterocycles. The lowest BCUT2D eigenvalue weighted by Crippen LogP contribution is -2.43. The van der Waals surface area contributed by atoms with Crippen molar-refractivity contribution < 1.29 is 0 Å². The van der Waals surface area contributed by atoms with Gasteiger partial charge in [-0.05, 0) is 45.6 Å². The molecular formula is C19H42N6. The fourth-order valence-electron chi connectivity index (χ4n) is 2.68. The second-order valence-corrected chi connectivity index (χ2v) is 7.90. The number of hydrogen-bond acceptors (Lipinski definition) is 3. The van der Waals surface area contributed by atoms with Crippen LogP contribution in [0.2, 0.25) is 0 Å². The fraction of sp³-hybridized carbons (Fsp3) is 0.895. The van der Waals surface area contributed by atoms with Crippen molar-refractivity contribution in [1.82, 2.24) is 5.32 Å². The second-order valence-electron chi connectivity index (χ2n) is 7.90. The van der Waals surface area contributed by atoms with Crippen molar-refractivity contribution >= 4 is 11.9 Å². The Morgan fingerprint density at radius 1 is 0.920 bits per heavy atom. The Morgan fingerprint density at radius 2 is 1.56 bits per heavy atom. The van der Waals surface area contributed by atoms with Crippen LogP contribution in [0.5, 0.6) is 0 Å². The Labute approximate surface area is 155 Å². The molecule has 0 aromatic carbocycles. The number of nitrogens with zero attached hydrogens (tertiary/aromatic N) is 2. The van der Waals surface area contributed by atoms with E-state index in [1.54, 1.807) is 0 Å². The van der Waals surface area contributed by atoms with Gasteiger partial charge in [0.1, 0.15) is 0 Å². The minimum atomic E-state index is -0.206. The molecule has 6 nitrogen and oxygen atoms in total. The molecule has 0 aromatic heterocycles. The van der Waals surface area contributed by atoms with Crippen LogP contribution in [0.1, 0.15) is 85.5 Å². The minimum absolute atomic E-state index is 0.206. The van der Waals surface area contributed by atoms with Gasteiger partial charge in [-0.3, -0.25) is 10.3 Å². The molecule has 0 saturated carbocycles. The quantitative estimate of drug-likeness (QED) is 0.231. The number of aliphatic imine (C=N–C) groups is 2. The average Bonchev–Trinajstić information content (AvgIpc) is 2.49. The van der Waals surface area contributed by atoms with E-state index in [4.69, 9.17) is 17.2 Å². The molecule has 0 heterocycles. The van der Waals surface area contributed by atoms with Crippen LogP contribution in [-0.4, -0.2) is 30.5 Å². The number of nitrogens with one attached hydrogen (secondary N) is 1. The molecule has 0 amide bonds. The molecule has 0 aliphatic rings. The number of unbranched alkanes of at least 4 members (excludes halogenated alkanes) is 5. The van der Waals surface area contributed by atoms with Gasteiger partial charge in [0.25, 0.3) is 0 Å². The first-order valence-electron chi connectivity index (χ1n) is 9.89. The molecule has 7 N–H and O–H groups in total.